The van der Waals surface area contributed by atoms with Gasteiger partial charge in [-0.25, -0.2) is 8.42 Å². The third-order valence-electron chi connectivity index (χ3n) is 7.23. The second-order valence-corrected chi connectivity index (χ2v) is 13.0. The Labute approximate surface area is 257 Å². The van der Waals surface area contributed by atoms with Gasteiger partial charge >= 0.3 is 0 Å². The molecule has 1 amide bonds. The molecule has 0 saturated heterocycles. The molecule has 12 heteroatoms. The third-order valence-corrected chi connectivity index (χ3v) is 9.35. The molecular weight excluding hydrogens is 601 g/mol. The molecule has 3 aromatic carbocycles. The number of carbonyl (C=O) groups excluding carboxylic acids is 1. The molecule has 1 heterocycles. The van der Waals surface area contributed by atoms with Gasteiger partial charge in [-0.1, -0.05) is 42.3 Å². The van der Waals surface area contributed by atoms with Crippen LogP contribution in [0.2, 0.25) is 10.0 Å². The first-order valence-corrected chi connectivity index (χ1v) is 15.7. The van der Waals surface area contributed by atoms with Crippen molar-refractivity contribution < 1.29 is 27.8 Å². The number of nitrogens with one attached hydrogen (secondary N) is 1. The number of ether oxygens (including phenoxy) is 2. The van der Waals surface area contributed by atoms with E-state index in [9.17, 15) is 18.3 Å². The Hall–Kier alpha value is -3.02. The minimum Gasteiger partial charge on any atom is -0.497 e. The van der Waals surface area contributed by atoms with E-state index in [2.05, 4.69) is 9.62 Å². The second kappa shape index (κ2) is 13.5. The molecule has 0 aliphatic carbocycles. The van der Waals surface area contributed by atoms with Crippen LogP contribution in [0.25, 0.3) is 0 Å². The second-order valence-electron chi connectivity index (χ2n) is 10.5. The van der Waals surface area contributed by atoms with Gasteiger partial charge in [0.25, 0.3) is 15.9 Å². The lowest BCUT2D eigenvalue weighted by molar-refractivity contribution is 0.0344. The number of rotatable bonds is 10. The molecule has 0 unspecified atom stereocenters. The molecule has 1 aliphatic heterocycles. The van der Waals surface area contributed by atoms with Crippen molar-refractivity contribution in [1.29, 1.82) is 0 Å². The van der Waals surface area contributed by atoms with Crippen molar-refractivity contribution >= 4 is 44.8 Å². The highest BCUT2D eigenvalue weighted by Crippen LogP contribution is 2.36. The summed E-state index contributed by atoms with van der Waals surface area (Å²) >= 11 is 12.3. The van der Waals surface area contributed by atoms with Crippen LogP contribution in [0.3, 0.4) is 0 Å². The molecule has 2 N–H and O–H groups in total. The van der Waals surface area contributed by atoms with Gasteiger partial charge in [0.2, 0.25) is 0 Å². The van der Waals surface area contributed by atoms with Gasteiger partial charge in [-0.2, -0.15) is 0 Å². The maximum absolute atomic E-state index is 13.7. The molecule has 0 spiro atoms. The topological polar surface area (TPSA) is 108 Å². The number of hydrogen-bond donors (Lipinski definition) is 2. The van der Waals surface area contributed by atoms with E-state index in [4.69, 9.17) is 32.7 Å². The Bertz CT molecular complexity index is 1520. The number of carbonyl (C=O) groups is 1. The monoisotopic (exact) mass is 635 g/mol. The fourth-order valence-corrected chi connectivity index (χ4v) is 6.20. The molecule has 226 valence electrons. The van der Waals surface area contributed by atoms with E-state index in [0.29, 0.717) is 35.4 Å². The van der Waals surface area contributed by atoms with Crippen molar-refractivity contribution in [2.24, 2.45) is 5.92 Å². The van der Waals surface area contributed by atoms with E-state index < -0.39 is 22.2 Å². The first kappa shape index (κ1) is 31.9. The number of hydrogen-bond acceptors (Lipinski definition) is 7. The van der Waals surface area contributed by atoms with E-state index >= 15 is 0 Å². The summed E-state index contributed by atoms with van der Waals surface area (Å²) in [4.78, 5) is 17.4. The van der Waals surface area contributed by atoms with E-state index in [1.165, 1.54) is 19.2 Å². The first-order valence-electron chi connectivity index (χ1n) is 13.4. The van der Waals surface area contributed by atoms with Crippen LogP contribution in [0.1, 0.15) is 29.8 Å². The lowest BCUT2D eigenvalue weighted by Gasteiger charge is -2.38. The summed E-state index contributed by atoms with van der Waals surface area (Å²) in [7, 11) is -0.593. The molecule has 4 rings (SSSR count). The van der Waals surface area contributed by atoms with E-state index in [1.807, 2.05) is 26.1 Å². The normalized spacial score (nSPS) is 18.1. The van der Waals surface area contributed by atoms with Gasteiger partial charge in [0, 0.05) is 25.6 Å². The summed E-state index contributed by atoms with van der Waals surface area (Å²) in [5, 5.41) is 10.9. The quantitative estimate of drug-likeness (QED) is 0.317. The van der Waals surface area contributed by atoms with Crippen LogP contribution in [-0.2, 0) is 16.6 Å². The molecule has 3 atom stereocenters. The lowest BCUT2D eigenvalue weighted by atomic mass is 9.99. The number of nitrogens with zero attached hydrogens (tertiary/aromatic N) is 2. The Morgan fingerprint density at radius 3 is 2.50 bits per heavy atom. The summed E-state index contributed by atoms with van der Waals surface area (Å²) in [6.07, 6.45) is -0.440. The van der Waals surface area contributed by atoms with Crippen LogP contribution in [0.4, 0.5) is 5.69 Å². The summed E-state index contributed by atoms with van der Waals surface area (Å²) in [5.41, 5.74) is 1.30. The summed E-state index contributed by atoms with van der Waals surface area (Å²) in [6.45, 7) is 4.87. The molecule has 3 aromatic rings. The Morgan fingerprint density at radius 2 is 1.86 bits per heavy atom. The number of amides is 1. The lowest BCUT2D eigenvalue weighted by Crippen LogP contribution is -2.49. The first-order chi connectivity index (χ1) is 19.9. The van der Waals surface area contributed by atoms with Gasteiger partial charge in [-0.15, -0.1) is 0 Å². The average Bonchev–Trinajstić information content (AvgIpc) is 2.96. The predicted molar refractivity (Wildman–Crippen MR) is 164 cm³/mol. The zero-order valence-electron chi connectivity index (χ0n) is 23.9. The number of likely N-dealkylation sites (N-methyl/N-ethyl adjacent to an activating group) is 1. The summed E-state index contributed by atoms with van der Waals surface area (Å²) in [5.74, 6) is 0.131. The van der Waals surface area contributed by atoms with Crippen LogP contribution in [-0.4, -0.2) is 75.2 Å². The van der Waals surface area contributed by atoms with Gasteiger partial charge < -0.3 is 19.5 Å². The molecule has 9 nitrogen and oxygen atoms in total. The fraction of sp³-hybridized carbons (Fsp3) is 0.367. The third kappa shape index (κ3) is 7.30. The number of halogens is 2. The predicted octanol–water partition coefficient (Wildman–Crippen LogP) is 5.15. The number of methoxy groups -OCH3 is 1. The fourth-order valence-electron chi connectivity index (χ4n) is 4.82. The standard InChI is InChI=1S/C30H35Cl2N3O6S/c1-19-15-35(20(2)18-36)30(37)24-6-5-7-27(33-42(38,39)23-11-9-22(40-4)10-12-23)29(24)41-28(19)17-34(3)16-21-8-13-25(31)26(32)14-21/h5-14,19-20,28,33,36H,15-18H2,1-4H3/t19-,20+,28+/m1/s1. The van der Waals surface area contributed by atoms with Crippen molar-refractivity contribution in [3.8, 4) is 11.5 Å². The highest BCUT2D eigenvalue weighted by atomic mass is 35.5. The molecule has 0 radical (unpaired) electrons. The van der Waals surface area contributed by atoms with Crippen LogP contribution >= 0.6 is 23.2 Å². The van der Waals surface area contributed by atoms with E-state index in [0.717, 1.165) is 5.56 Å². The highest BCUT2D eigenvalue weighted by Gasteiger charge is 2.35. The number of aliphatic hydroxyl groups is 1. The van der Waals surface area contributed by atoms with Gasteiger partial charge in [0.1, 0.15) is 11.9 Å². The molecule has 0 saturated carbocycles. The molecule has 1 aliphatic rings. The van der Waals surface area contributed by atoms with E-state index in [1.54, 1.807) is 48.2 Å². The smallest absolute Gasteiger partial charge is 0.262 e. The van der Waals surface area contributed by atoms with Crippen molar-refractivity contribution in [3.05, 3.63) is 81.8 Å². The average molecular weight is 637 g/mol. The summed E-state index contributed by atoms with van der Waals surface area (Å²) < 4.78 is 41.0. The number of benzene rings is 3. The molecule has 42 heavy (non-hydrogen) atoms. The maximum atomic E-state index is 13.7. The molecular formula is C30H35Cl2N3O6S. The van der Waals surface area contributed by atoms with Gasteiger partial charge in [0.05, 0.1) is 46.0 Å². The SMILES string of the molecule is COc1ccc(S(=O)(=O)Nc2cccc3c2O[C@@H](CN(C)Cc2ccc(Cl)c(Cl)c2)[C@H](C)CN([C@@H](C)CO)C3=O)cc1. The van der Waals surface area contributed by atoms with Crippen LogP contribution in [0.15, 0.2) is 65.6 Å². The minimum absolute atomic E-state index is 0.0277. The molecule has 0 fully saturated rings. The van der Waals surface area contributed by atoms with Crippen LogP contribution in [0.5, 0.6) is 11.5 Å². The molecule has 0 bridgehead atoms. The number of fused-ring (bicyclic) bond motifs is 1. The van der Waals surface area contributed by atoms with Crippen molar-refractivity contribution in [2.75, 3.05) is 38.6 Å². The Kier molecular flexibility index (Phi) is 10.3. The maximum Gasteiger partial charge on any atom is 0.262 e. The number of anilines is 1. The zero-order valence-corrected chi connectivity index (χ0v) is 26.2. The Morgan fingerprint density at radius 1 is 1.14 bits per heavy atom. The van der Waals surface area contributed by atoms with Crippen molar-refractivity contribution in [1.82, 2.24) is 9.80 Å². The number of para-hydroxylation sites is 1. The van der Waals surface area contributed by atoms with E-state index in [-0.39, 0.29) is 40.3 Å². The Balaban J connectivity index is 1.69. The van der Waals surface area contributed by atoms with Gasteiger partial charge in [0.15, 0.2) is 5.75 Å². The largest absolute Gasteiger partial charge is 0.497 e. The van der Waals surface area contributed by atoms with Gasteiger partial charge in [-0.05, 0) is 68.1 Å². The minimum atomic E-state index is -4.03. The zero-order chi connectivity index (χ0) is 30.6. The van der Waals surface area contributed by atoms with Crippen molar-refractivity contribution in [3.63, 3.8) is 0 Å². The van der Waals surface area contributed by atoms with Gasteiger partial charge in [-0.3, -0.25) is 14.4 Å². The molecule has 0 aromatic heterocycles. The number of aliphatic hydroxyl groups excluding tert-OH is 1. The number of sulfonamides is 1. The van der Waals surface area contributed by atoms with Crippen LogP contribution in [0, 0.1) is 5.92 Å². The summed E-state index contributed by atoms with van der Waals surface area (Å²) in [6, 6.07) is 15.8. The van der Waals surface area contributed by atoms with Crippen molar-refractivity contribution in [2.45, 2.75) is 37.4 Å². The van der Waals surface area contributed by atoms with Crippen LogP contribution < -0.4 is 14.2 Å². The highest BCUT2D eigenvalue weighted by molar-refractivity contribution is 7.92.